The molecule has 0 aromatic carbocycles. The van der Waals surface area contributed by atoms with E-state index in [0.717, 1.165) is 13.0 Å². The monoisotopic (exact) mass is 243 g/mol. The number of nitrogens with zero attached hydrogens (tertiary/aromatic N) is 1. The lowest BCUT2D eigenvalue weighted by atomic mass is 10.2. The Labute approximate surface area is 97.9 Å². The number of hydrogen-bond acceptors (Lipinski definition) is 5. The molecule has 2 rings (SSSR count). The quantitative estimate of drug-likeness (QED) is 0.679. The summed E-state index contributed by atoms with van der Waals surface area (Å²) < 4.78 is 0. The third kappa shape index (κ3) is 2.70. The predicted octanol–water partition coefficient (Wildman–Crippen LogP) is 0.533. The average molecular weight is 243 g/mol. The first-order valence-corrected chi connectivity index (χ1v) is 6.25. The number of carbonyl (C=O) groups excluding carboxylic acids is 1. The molecular weight excluding hydrogens is 230 g/mol. The minimum absolute atomic E-state index is 0.0493. The molecular formula is C9H13N3OS2. The number of amides is 1. The van der Waals surface area contributed by atoms with Gasteiger partial charge in [0.15, 0.2) is 0 Å². The second kappa shape index (κ2) is 4.96. The van der Waals surface area contributed by atoms with E-state index in [4.69, 9.17) is 0 Å². The molecule has 1 saturated heterocycles. The van der Waals surface area contributed by atoms with Gasteiger partial charge in [0, 0.05) is 17.8 Å². The number of carbonyl (C=O) groups is 1. The van der Waals surface area contributed by atoms with Crippen molar-refractivity contribution >= 4 is 29.9 Å². The maximum atomic E-state index is 11.6. The van der Waals surface area contributed by atoms with Gasteiger partial charge in [-0.3, -0.25) is 9.78 Å². The normalized spacial score (nSPS) is 25.4. The van der Waals surface area contributed by atoms with Gasteiger partial charge in [-0.15, -0.1) is 11.3 Å². The fraction of sp³-hybridized carbons (Fsp3) is 0.556. The van der Waals surface area contributed by atoms with Crippen molar-refractivity contribution in [3.63, 3.8) is 0 Å². The van der Waals surface area contributed by atoms with Crippen molar-refractivity contribution in [1.29, 1.82) is 0 Å². The summed E-state index contributed by atoms with van der Waals surface area (Å²) in [6.07, 6.45) is 2.64. The van der Waals surface area contributed by atoms with Crippen LogP contribution in [-0.2, 0) is 0 Å². The Bertz CT molecular complexity index is 328. The summed E-state index contributed by atoms with van der Waals surface area (Å²) in [6.45, 7) is 1.61. The van der Waals surface area contributed by atoms with Gasteiger partial charge < -0.3 is 10.6 Å². The first kappa shape index (κ1) is 10.9. The van der Waals surface area contributed by atoms with E-state index in [1.54, 1.807) is 11.7 Å². The highest BCUT2D eigenvalue weighted by molar-refractivity contribution is 7.81. The van der Waals surface area contributed by atoms with E-state index < -0.39 is 0 Å². The highest BCUT2D eigenvalue weighted by atomic mass is 32.1. The second-order valence-electron chi connectivity index (χ2n) is 3.49. The third-order valence-corrected chi connectivity index (χ3v) is 3.84. The topological polar surface area (TPSA) is 54.0 Å². The maximum absolute atomic E-state index is 11.6. The minimum atomic E-state index is -0.0493. The summed E-state index contributed by atoms with van der Waals surface area (Å²) in [5, 5.41) is 6.52. The Morgan fingerprint density at radius 1 is 1.80 bits per heavy atom. The van der Waals surface area contributed by atoms with Crippen LogP contribution in [0.5, 0.6) is 0 Å². The lowest BCUT2D eigenvalue weighted by Crippen LogP contribution is -2.40. The van der Waals surface area contributed by atoms with Crippen LogP contribution < -0.4 is 10.6 Å². The molecule has 82 valence electrons. The number of nitrogens with one attached hydrogen (secondary N) is 2. The van der Waals surface area contributed by atoms with Crippen molar-refractivity contribution in [1.82, 2.24) is 15.6 Å². The molecule has 6 heteroatoms. The first-order valence-electron chi connectivity index (χ1n) is 4.85. The SMILES string of the molecule is O=C(NC[C@@H]1NCC[C@@H]1S)c1cncs1. The molecule has 1 aliphatic heterocycles. The van der Waals surface area contributed by atoms with E-state index in [0.29, 0.717) is 16.7 Å². The van der Waals surface area contributed by atoms with Crippen molar-refractivity contribution in [3.8, 4) is 0 Å². The fourth-order valence-electron chi connectivity index (χ4n) is 1.58. The van der Waals surface area contributed by atoms with Gasteiger partial charge in [-0.05, 0) is 13.0 Å². The van der Waals surface area contributed by atoms with Gasteiger partial charge in [0.2, 0.25) is 0 Å². The zero-order valence-corrected chi connectivity index (χ0v) is 9.85. The summed E-state index contributed by atoms with van der Waals surface area (Å²) in [7, 11) is 0. The maximum Gasteiger partial charge on any atom is 0.263 e. The Morgan fingerprint density at radius 2 is 2.67 bits per heavy atom. The molecule has 0 saturated carbocycles. The smallest absolute Gasteiger partial charge is 0.263 e. The van der Waals surface area contributed by atoms with Crippen molar-refractivity contribution in [2.45, 2.75) is 17.7 Å². The largest absolute Gasteiger partial charge is 0.350 e. The van der Waals surface area contributed by atoms with Crippen LogP contribution >= 0.6 is 24.0 Å². The number of thiol groups is 1. The van der Waals surface area contributed by atoms with Gasteiger partial charge in [0.25, 0.3) is 5.91 Å². The van der Waals surface area contributed by atoms with Crippen LogP contribution in [0.3, 0.4) is 0 Å². The standard InChI is InChI=1S/C9H13N3OS2/c13-9(8-4-10-5-15-8)12-3-6-7(14)1-2-11-6/h4-7,11,14H,1-3H2,(H,12,13)/t6-,7-/m0/s1. The number of hydrogen-bond donors (Lipinski definition) is 3. The molecule has 2 heterocycles. The molecule has 2 N–H and O–H groups in total. The summed E-state index contributed by atoms with van der Waals surface area (Å²) in [4.78, 5) is 16.1. The number of rotatable bonds is 3. The van der Waals surface area contributed by atoms with Crippen LogP contribution in [0, 0.1) is 0 Å². The molecule has 0 aliphatic carbocycles. The van der Waals surface area contributed by atoms with E-state index >= 15 is 0 Å². The minimum Gasteiger partial charge on any atom is -0.350 e. The van der Waals surface area contributed by atoms with E-state index in [1.165, 1.54) is 11.3 Å². The van der Waals surface area contributed by atoms with Gasteiger partial charge >= 0.3 is 0 Å². The average Bonchev–Trinajstić information content (AvgIpc) is 2.85. The Morgan fingerprint density at radius 3 is 3.27 bits per heavy atom. The van der Waals surface area contributed by atoms with Crippen molar-refractivity contribution in [2.24, 2.45) is 0 Å². The van der Waals surface area contributed by atoms with Crippen LogP contribution in [0.1, 0.15) is 16.1 Å². The highest BCUT2D eigenvalue weighted by Crippen LogP contribution is 2.12. The predicted molar refractivity (Wildman–Crippen MR) is 63.6 cm³/mol. The fourth-order valence-corrected chi connectivity index (χ4v) is 2.46. The molecule has 1 aliphatic rings. The third-order valence-electron chi connectivity index (χ3n) is 2.45. The van der Waals surface area contributed by atoms with Gasteiger partial charge in [-0.1, -0.05) is 0 Å². The van der Waals surface area contributed by atoms with Gasteiger partial charge in [0.05, 0.1) is 11.7 Å². The van der Waals surface area contributed by atoms with E-state index in [9.17, 15) is 4.79 Å². The molecule has 0 bridgehead atoms. The van der Waals surface area contributed by atoms with Crippen molar-refractivity contribution in [3.05, 3.63) is 16.6 Å². The molecule has 2 atom stereocenters. The molecule has 1 aromatic rings. The Kier molecular flexibility index (Phi) is 3.61. The van der Waals surface area contributed by atoms with Crippen LogP contribution in [0.4, 0.5) is 0 Å². The molecule has 15 heavy (non-hydrogen) atoms. The molecule has 0 unspecified atom stereocenters. The molecule has 1 fully saturated rings. The molecule has 4 nitrogen and oxygen atoms in total. The van der Waals surface area contributed by atoms with Crippen LogP contribution in [0.2, 0.25) is 0 Å². The van der Waals surface area contributed by atoms with Crippen LogP contribution in [0.25, 0.3) is 0 Å². The zero-order valence-electron chi connectivity index (χ0n) is 8.14. The van der Waals surface area contributed by atoms with E-state index in [-0.39, 0.29) is 11.9 Å². The molecule has 0 spiro atoms. The summed E-state index contributed by atoms with van der Waals surface area (Å²) in [5.41, 5.74) is 1.66. The Hall–Kier alpha value is -0.590. The second-order valence-corrected chi connectivity index (χ2v) is 5.04. The summed E-state index contributed by atoms with van der Waals surface area (Å²) in [6, 6.07) is 0.283. The van der Waals surface area contributed by atoms with E-state index in [2.05, 4.69) is 28.2 Å². The van der Waals surface area contributed by atoms with Gasteiger partial charge in [0.1, 0.15) is 4.88 Å². The molecule has 0 radical (unpaired) electrons. The number of aromatic nitrogens is 1. The van der Waals surface area contributed by atoms with Crippen molar-refractivity contribution < 1.29 is 4.79 Å². The van der Waals surface area contributed by atoms with E-state index in [1.807, 2.05) is 0 Å². The molecule has 1 aromatic heterocycles. The Balaban J connectivity index is 1.81. The van der Waals surface area contributed by atoms with Crippen LogP contribution in [0.15, 0.2) is 11.7 Å². The highest BCUT2D eigenvalue weighted by Gasteiger charge is 2.23. The zero-order chi connectivity index (χ0) is 10.7. The summed E-state index contributed by atoms with van der Waals surface area (Å²) >= 11 is 5.79. The van der Waals surface area contributed by atoms with Gasteiger partial charge in [-0.2, -0.15) is 12.6 Å². The number of thiazole rings is 1. The first-order chi connectivity index (χ1) is 7.27. The molecule has 1 amide bonds. The van der Waals surface area contributed by atoms with Gasteiger partial charge in [-0.25, -0.2) is 0 Å². The lowest BCUT2D eigenvalue weighted by molar-refractivity contribution is 0.0954. The van der Waals surface area contributed by atoms with Crippen molar-refractivity contribution in [2.75, 3.05) is 13.1 Å². The lowest BCUT2D eigenvalue weighted by Gasteiger charge is -2.15. The van der Waals surface area contributed by atoms with Crippen LogP contribution in [-0.4, -0.2) is 35.3 Å². The summed E-state index contributed by atoms with van der Waals surface area (Å²) in [5.74, 6) is -0.0493.